The Morgan fingerprint density at radius 2 is 1.65 bits per heavy atom. The molecule has 14 heteroatoms. The fraction of sp³-hybridized carbons (Fsp3) is 0.342. The van der Waals surface area contributed by atoms with E-state index >= 15 is 0 Å². The topological polar surface area (TPSA) is 183 Å². The maximum atomic E-state index is 14.3. The van der Waals surface area contributed by atoms with Crippen LogP contribution in [-0.2, 0) is 40.5 Å². The molecule has 1 aliphatic rings. The van der Waals surface area contributed by atoms with E-state index in [1.165, 1.54) is 26.1 Å². The van der Waals surface area contributed by atoms with E-state index < -0.39 is 39.8 Å². The van der Waals surface area contributed by atoms with Crippen LogP contribution in [0, 0.1) is 18.3 Å². The number of nitrogens with zero attached hydrogens (tertiary/aromatic N) is 3. The summed E-state index contributed by atoms with van der Waals surface area (Å²) < 4.78 is 34.0. The predicted octanol–water partition coefficient (Wildman–Crippen LogP) is 3.74. The second kappa shape index (κ2) is 18.2. The number of carbonyl (C=O) groups is 4. The van der Waals surface area contributed by atoms with Crippen LogP contribution >= 0.6 is 0 Å². The van der Waals surface area contributed by atoms with Crippen molar-refractivity contribution in [1.82, 2.24) is 14.5 Å². The number of benzene rings is 3. The summed E-state index contributed by atoms with van der Waals surface area (Å²) >= 11 is 0. The molecule has 0 bridgehead atoms. The Morgan fingerprint density at radius 1 is 1.02 bits per heavy atom. The van der Waals surface area contributed by atoms with Gasteiger partial charge in [-0.2, -0.15) is 4.31 Å². The molecule has 4 N–H and O–H groups in total. The number of amides is 3. The average Bonchev–Trinajstić information content (AvgIpc) is 3.27. The number of sulfonamides is 1. The predicted molar refractivity (Wildman–Crippen MR) is 197 cm³/mol. The van der Waals surface area contributed by atoms with Gasteiger partial charge in [-0.1, -0.05) is 77.9 Å². The Balaban J connectivity index is 1.63. The number of esters is 1. The van der Waals surface area contributed by atoms with Crippen molar-refractivity contribution in [3.05, 3.63) is 108 Å². The molecule has 0 fully saturated rings. The van der Waals surface area contributed by atoms with Gasteiger partial charge < -0.3 is 20.7 Å². The third kappa shape index (κ3) is 10.6. The van der Waals surface area contributed by atoms with Crippen molar-refractivity contribution >= 4 is 45.4 Å². The molecule has 0 saturated heterocycles. The van der Waals surface area contributed by atoms with Crippen LogP contribution in [0.15, 0.2) is 101 Å². The summed E-state index contributed by atoms with van der Waals surface area (Å²) in [6.07, 6.45) is 1.90. The lowest BCUT2D eigenvalue weighted by Gasteiger charge is -2.31. The van der Waals surface area contributed by atoms with Crippen molar-refractivity contribution in [3.8, 4) is 0 Å². The van der Waals surface area contributed by atoms with Crippen molar-refractivity contribution in [3.63, 3.8) is 0 Å². The van der Waals surface area contributed by atoms with E-state index in [1.807, 2.05) is 43.3 Å². The van der Waals surface area contributed by atoms with Crippen LogP contribution in [0.1, 0.15) is 43.7 Å². The third-order valence-electron chi connectivity index (χ3n) is 8.77. The molecular weight excluding hydrogens is 685 g/mol. The fourth-order valence-corrected chi connectivity index (χ4v) is 7.22. The summed E-state index contributed by atoms with van der Waals surface area (Å²) in [6.45, 7) is 3.27. The molecule has 276 valence electrons. The molecule has 1 unspecified atom stereocenters. The Bertz CT molecular complexity index is 1870. The fourth-order valence-electron chi connectivity index (χ4n) is 5.87. The molecule has 2 atom stereocenters. The van der Waals surface area contributed by atoms with Crippen LogP contribution in [0.2, 0.25) is 0 Å². The SMILES string of the molecule is CC(=O)N(CC1=CC(CC(=O)OCc2ccccc2)C(=O)N(c2ccccc2)CC1)C(=O)[C@H](CCCNC(=N)N)N(C)S(=O)(=O)c1ccc(C)cc1. The van der Waals surface area contributed by atoms with Crippen molar-refractivity contribution in [2.45, 2.75) is 57.1 Å². The van der Waals surface area contributed by atoms with E-state index in [2.05, 4.69) is 5.32 Å². The first-order valence-corrected chi connectivity index (χ1v) is 18.4. The highest BCUT2D eigenvalue weighted by atomic mass is 32.2. The van der Waals surface area contributed by atoms with E-state index in [4.69, 9.17) is 15.9 Å². The molecule has 1 aliphatic heterocycles. The highest BCUT2D eigenvalue weighted by molar-refractivity contribution is 7.89. The summed E-state index contributed by atoms with van der Waals surface area (Å²) in [5, 5.41) is 10.1. The van der Waals surface area contributed by atoms with Gasteiger partial charge in [-0.15, -0.1) is 0 Å². The zero-order valence-electron chi connectivity index (χ0n) is 29.7. The van der Waals surface area contributed by atoms with Gasteiger partial charge >= 0.3 is 5.97 Å². The van der Waals surface area contributed by atoms with Gasteiger partial charge in [-0.3, -0.25) is 29.5 Å². The van der Waals surface area contributed by atoms with Crippen molar-refractivity contribution in [1.29, 1.82) is 5.41 Å². The minimum Gasteiger partial charge on any atom is -0.461 e. The zero-order valence-corrected chi connectivity index (χ0v) is 30.5. The van der Waals surface area contributed by atoms with E-state index in [9.17, 15) is 27.6 Å². The number of nitrogens with one attached hydrogen (secondary N) is 2. The summed E-state index contributed by atoms with van der Waals surface area (Å²) in [5.41, 5.74) is 8.25. The molecule has 0 aliphatic carbocycles. The standard InChI is InChI=1S/C38H46N6O7S/c1-27-16-18-33(19-17-27)52(49,50)42(3)34(15-10-21-41-38(39)40)37(48)44(28(2)45)25-30-20-22-43(32-13-8-5-9-14-32)36(47)31(23-30)24-35(46)51-26-29-11-6-4-7-12-29/h4-9,11-14,16-19,23,31,34H,10,15,20-22,24-26H2,1-3H3,(H4,39,40,41)/t31?,34-/m0/s1. The van der Waals surface area contributed by atoms with Crippen LogP contribution < -0.4 is 16.0 Å². The molecule has 0 spiro atoms. The number of hydrogen-bond donors (Lipinski definition) is 3. The smallest absolute Gasteiger partial charge is 0.307 e. The van der Waals surface area contributed by atoms with E-state index in [0.29, 0.717) is 11.3 Å². The minimum absolute atomic E-state index is 0.0115. The number of hydrogen-bond acceptors (Lipinski definition) is 8. The summed E-state index contributed by atoms with van der Waals surface area (Å²) in [5.74, 6) is -3.51. The van der Waals surface area contributed by atoms with Gasteiger partial charge in [-0.25, -0.2) is 8.42 Å². The molecule has 3 aromatic rings. The monoisotopic (exact) mass is 730 g/mol. The summed E-state index contributed by atoms with van der Waals surface area (Å²) in [7, 11) is -2.88. The van der Waals surface area contributed by atoms with Gasteiger partial charge in [0.2, 0.25) is 27.7 Å². The first kappa shape index (κ1) is 39.4. The van der Waals surface area contributed by atoms with Crippen molar-refractivity contribution < 1.29 is 32.3 Å². The second-order valence-electron chi connectivity index (χ2n) is 12.6. The van der Waals surface area contributed by atoms with E-state index in [0.717, 1.165) is 20.3 Å². The number of para-hydroxylation sites is 1. The molecule has 0 aromatic heterocycles. The molecule has 3 aromatic carbocycles. The molecule has 13 nitrogen and oxygen atoms in total. The number of likely N-dealkylation sites (N-methyl/N-ethyl adjacent to an activating group) is 1. The number of nitrogens with two attached hydrogens (primary N) is 1. The molecule has 0 radical (unpaired) electrons. The molecular formula is C38H46N6O7S. The van der Waals surface area contributed by atoms with Crippen molar-refractivity contribution in [2.75, 3.05) is 31.6 Å². The van der Waals surface area contributed by atoms with Gasteiger partial charge in [-0.05, 0) is 56.0 Å². The first-order chi connectivity index (χ1) is 24.8. The summed E-state index contributed by atoms with van der Waals surface area (Å²) in [4.78, 5) is 57.0. The van der Waals surface area contributed by atoms with Gasteiger partial charge in [0.15, 0.2) is 5.96 Å². The number of ether oxygens (including phenoxy) is 1. The Kier molecular flexibility index (Phi) is 13.8. The number of guanidine groups is 1. The normalized spacial score (nSPS) is 15.3. The maximum absolute atomic E-state index is 14.3. The highest BCUT2D eigenvalue weighted by Crippen LogP contribution is 2.27. The van der Waals surface area contributed by atoms with Crippen LogP contribution in [-0.4, -0.2) is 80.0 Å². The van der Waals surface area contributed by atoms with Crippen molar-refractivity contribution in [2.24, 2.45) is 11.7 Å². The van der Waals surface area contributed by atoms with Gasteiger partial charge in [0.1, 0.15) is 12.6 Å². The number of carbonyl (C=O) groups excluding carboxylic acids is 4. The molecule has 3 amide bonds. The van der Waals surface area contributed by atoms with Crippen LogP contribution in [0.25, 0.3) is 0 Å². The lowest BCUT2D eigenvalue weighted by atomic mass is 10.00. The molecule has 52 heavy (non-hydrogen) atoms. The third-order valence-corrected chi connectivity index (χ3v) is 10.7. The second-order valence-corrected chi connectivity index (χ2v) is 14.6. The van der Waals surface area contributed by atoms with Crippen LogP contribution in [0.3, 0.4) is 0 Å². The maximum Gasteiger partial charge on any atom is 0.307 e. The van der Waals surface area contributed by atoms with Crippen LogP contribution in [0.4, 0.5) is 5.69 Å². The van der Waals surface area contributed by atoms with E-state index in [-0.39, 0.29) is 68.7 Å². The quantitative estimate of drug-likeness (QED) is 0.0690. The van der Waals surface area contributed by atoms with Gasteiger partial charge in [0, 0.05) is 39.3 Å². The largest absolute Gasteiger partial charge is 0.461 e. The zero-order chi connectivity index (χ0) is 37.8. The molecule has 0 saturated carbocycles. The molecule has 4 rings (SSSR count). The highest BCUT2D eigenvalue weighted by Gasteiger charge is 2.37. The van der Waals surface area contributed by atoms with Gasteiger partial charge in [0.25, 0.3) is 0 Å². The number of aryl methyl sites for hydroxylation is 1. The number of anilines is 1. The Morgan fingerprint density at radius 3 is 2.27 bits per heavy atom. The summed E-state index contributed by atoms with van der Waals surface area (Å²) in [6, 6.07) is 23.1. The number of imide groups is 1. The minimum atomic E-state index is -4.17. The average molecular weight is 731 g/mol. The lowest BCUT2D eigenvalue weighted by molar-refractivity contribution is -0.147. The lowest BCUT2D eigenvalue weighted by Crippen LogP contribution is -2.51. The first-order valence-electron chi connectivity index (χ1n) is 17.0. The van der Waals surface area contributed by atoms with Gasteiger partial charge in [0.05, 0.1) is 17.2 Å². The van der Waals surface area contributed by atoms with Crippen LogP contribution in [0.5, 0.6) is 0 Å². The Hall–Kier alpha value is -5.34. The Labute approximate surface area is 305 Å². The molecule has 1 heterocycles. The van der Waals surface area contributed by atoms with E-state index in [1.54, 1.807) is 47.4 Å². The number of rotatable bonds is 15.